The molecule has 164 valence electrons. The van der Waals surface area contributed by atoms with Crippen molar-refractivity contribution in [3.8, 4) is 0 Å². The number of fused-ring (bicyclic) bond motifs is 3. The third-order valence-corrected chi connectivity index (χ3v) is 6.66. The number of carbonyl (C=O) groups excluding carboxylic acids is 1. The Bertz CT molecular complexity index is 1070. The Kier molecular flexibility index (Phi) is 5.21. The van der Waals surface area contributed by atoms with Crippen molar-refractivity contribution in [2.75, 3.05) is 11.5 Å². The first-order valence-corrected chi connectivity index (χ1v) is 10.9. The lowest BCUT2D eigenvalue weighted by atomic mass is 9.78. The highest BCUT2D eigenvalue weighted by Gasteiger charge is 2.58. The van der Waals surface area contributed by atoms with Crippen LogP contribution in [-0.4, -0.2) is 40.3 Å². The van der Waals surface area contributed by atoms with Gasteiger partial charge >= 0.3 is 6.09 Å². The van der Waals surface area contributed by atoms with E-state index in [0.717, 1.165) is 16.3 Å². The van der Waals surface area contributed by atoms with Gasteiger partial charge in [-0.25, -0.2) is 4.79 Å². The van der Waals surface area contributed by atoms with E-state index in [1.54, 1.807) is 6.92 Å². The molecular formula is C26H26N2O4. The monoisotopic (exact) mass is 430 g/mol. The lowest BCUT2D eigenvalue weighted by Crippen LogP contribution is -2.54. The smallest absolute Gasteiger partial charge is 0.415 e. The summed E-state index contributed by atoms with van der Waals surface area (Å²) < 4.78 is 5.32. The van der Waals surface area contributed by atoms with Crippen molar-refractivity contribution < 1.29 is 19.8 Å². The summed E-state index contributed by atoms with van der Waals surface area (Å²) in [6.07, 6.45) is -0.695. The normalized spacial score (nSPS) is 22.5. The minimum atomic E-state index is -1.48. The summed E-state index contributed by atoms with van der Waals surface area (Å²) in [5, 5.41) is 24.9. The fraction of sp³-hybridized carbons (Fsp3) is 0.269. The van der Waals surface area contributed by atoms with E-state index in [2.05, 4.69) is 0 Å². The summed E-state index contributed by atoms with van der Waals surface area (Å²) >= 11 is 0. The number of benzene rings is 3. The molecule has 3 aromatic rings. The van der Waals surface area contributed by atoms with Gasteiger partial charge in [-0.2, -0.15) is 5.06 Å². The summed E-state index contributed by atoms with van der Waals surface area (Å²) in [5.74, 6) is -0.162. The van der Waals surface area contributed by atoms with Gasteiger partial charge in [0.2, 0.25) is 0 Å². The van der Waals surface area contributed by atoms with Crippen molar-refractivity contribution in [1.82, 2.24) is 5.06 Å². The second-order valence-corrected chi connectivity index (χ2v) is 8.28. The Morgan fingerprint density at radius 3 is 2.12 bits per heavy atom. The minimum Gasteiger partial charge on any atom is -0.449 e. The number of carbonyl (C=O) groups is 1. The van der Waals surface area contributed by atoms with Crippen LogP contribution in [0.3, 0.4) is 0 Å². The molecule has 0 aromatic heterocycles. The van der Waals surface area contributed by atoms with Gasteiger partial charge in [-0.3, -0.25) is 4.90 Å². The van der Waals surface area contributed by atoms with Gasteiger partial charge in [0.1, 0.15) is 11.8 Å². The van der Waals surface area contributed by atoms with Crippen LogP contribution in [-0.2, 0) is 10.3 Å². The van der Waals surface area contributed by atoms with Crippen LogP contribution in [0.15, 0.2) is 84.9 Å². The Morgan fingerprint density at radius 2 is 1.53 bits per heavy atom. The average molecular weight is 431 g/mol. The van der Waals surface area contributed by atoms with Crippen LogP contribution in [0.2, 0.25) is 0 Å². The van der Waals surface area contributed by atoms with Gasteiger partial charge in [-0.05, 0) is 36.1 Å². The molecule has 0 spiro atoms. The third kappa shape index (κ3) is 3.03. The maximum atomic E-state index is 12.9. The van der Waals surface area contributed by atoms with Crippen LogP contribution in [0.4, 0.5) is 10.5 Å². The zero-order chi connectivity index (χ0) is 22.3. The van der Waals surface area contributed by atoms with Crippen LogP contribution in [0.25, 0.3) is 0 Å². The standard InChI is InChI=1S/C26H26N2O4/c1-2-32-25(29)27-22-16-10-9-15-20(22)21-17-23(28(31)24(21)27)26(30,18-11-5-3-6-12-18)19-13-7-4-8-14-19/h3-16,21,23-24,30-31H,2,17H2,1H3/t21-,23?,24-/m1/s1. The molecule has 0 radical (unpaired) electrons. The number of anilines is 1. The molecule has 2 aliphatic rings. The highest BCUT2D eigenvalue weighted by molar-refractivity contribution is 5.92. The molecule has 5 rings (SSSR count). The molecule has 6 nitrogen and oxygen atoms in total. The lowest BCUT2D eigenvalue weighted by molar-refractivity contribution is -0.177. The molecule has 0 aliphatic carbocycles. The van der Waals surface area contributed by atoms with Crippen LogP contribution in [0.5, 0.6) is 0 Å². The highest BCUT2D eigenvalue weighted by Crippen LogP contribution is 2.53. The van der Waals surface area contributed by atoms with E-state index in [1.165, 1.54) is 4.90 Å². The van der Waals surface area contributed by atoms with Crippen molar-refractivity contribution in [1.29, 1.82) is 0 Å². The quantitative estimate of drug-likeness (QED) is 0.639. The van der Waals surface area contributed by atoms with Gasteiger partial charge in [0.25, 0.3) is 0 Å². The fourth-order valence-corrected chi connectivity index (χ4v) is 5.29. The van der Waals surface area contributed by atoms with Crippen LogP contribution < -0.4 is 4.90 Å². The Balaban J connectivity index is 1.62. The molecule has 2 heterocycles. The Morgan fingerprint density at radius 1 is 0.969 bits per heavy atom. The first-order chi connectivity index (χ1) is 15.6. The molecule has 3 atom stereocenters. The van der Waals surface area contributed by atoms with Gasteiger partial charge < -0.3 is 15.1 Å². The van der Waals surface area contributed by atoms with Gasteiger partial charge in [0.05, 0.1) is 18.3 Å². The summed E-state index contributed by atoms with van der Waals surface area (Å²) in [5.41, 5.74) is 1.60. The van der Waals surface area contributed by atoms with E-state index < -0.39 is 23.9 Å². The number of para-hydroxylation sites is 1. The van der Waals surface area contributed by atoms with Gasteiger partial charge in [0, 0.05) is 5.92 Å². The van der Waals surface area contributed by atoms with Gasteiger partial charge in [0.15, 0.2) is 0 Å². The summed E-state index contributed by atoms with van der Waals surface area (Å²) in [7, 11) is 0. The number of hydrogen-bond acceptors (Lipinski definition) is 5. The molecule has 1 unspecified atom stereocenters. The SMILES string of the molecule is CCOC(=O)N1c2ccccc2[C@H]2CC(C(O)(c3ccccc3)c3ccccc3)N(O)[C@H]21. The van der Waals surface area contributed by atoms with Gasteiger partial charge in [-0.15, -0.1) is 0 Å². The molecule has 3 aromatic carbocycles. The molecular weight excluding hydrogens is 404 g/mol. The predicted molar refractivity (Wildman–Crippen MR) is 120 cm³/mol. The number of aliphatic hydroxyl groups is 1. The van der Waals surface area contributed by atoms with Crippen molar-refractivity contribution in [2.24, 2.45) is 0 Å². The molecule has 32 heavy (non-hydrogen) atoms. The van der Waals surface area contributed by atoms with Crippen molar-refractivity contribution in [3.63, 3.8) is 0 Å². The van der Waals surface area contributed by atoms with E-state index in [4.69, 9.17) is 4.74 Å². The molecule has 1 saturated heterocycles. The average Bonchev–Trinajstić information content (AvgIpc) is 3.35. The molecule has 2 N–H and O–H groups in total. The molecule has 2 aliphatic heterocycles. The van der Waals surface area contributed by atoms with Crippen molar-refractivity contribution in [2.45, 2.75) is 37.1 Å². The Hall–Kier alpha value is -3.19. The first kappa shape index (κ1) is 20.7. The minimum absolute atomic E-state index is 0.162. The van der Waals surface area contributed by atoms with Gasteiger partial charge in [-0.1, -0.05) is 78.9 Å². The topological polar surface area (TPSA) is 73.2 Å². The van der Waals surface area contributed by atoms with E-state index in [-0.39, 0.29) is 12.5 Å². The number of hydroxylamine groups is 2. The predicted octanol–water partition coefficient (Wildman–Crippen LogP) is 4.47. The molecule has 1 amide bonds. The zero-order valence-electron chi connectivity index (χ0n) is 17.8. The van der Waals surface area contributed by atoms with Crippen molar-refractivity contribution in [3.05, 3.63) is 102 Å². The second kappa shape index (κ2) is 8.06. The third-order valence-electron chi connectivity index (χ3n) is 6.66. The highest BCUT2D eigenvalue weighted by atomic mass is 16.6. The fourth-order valence-electron chi connectivity index (χ4n) is 5.29. The van der Waals surface area contributed by atoms with Crippen LogP contribution in [0, 0.1) is 0 Å². The van der Waals surface area contributed by atoms with Crippen molar-refractivity contribution >= 4 is 11.8 Å². The van der Waals surface area contributed by atoms with E-state index in [9.17, 15) is 15.1 Å². The van der Waals surface area contributed by atoms with E-state index in [0.29, 0.717) is 17.5 Å². The zero-order valence-corrected chi connectivity index (χ0v) is 17.8. The number of nitrogens with zero attached hydrogens (tertiary/aromatic N) is 2. The lowest BCUT2D eigenvalue weighted by Gasteiger charge is -2.40. The maximum absolute atomic E-state index is 12.9. The number of amides is 1. The molecule has 6 heteroatoms. The first-order valence-electron chi connectivity index (χ1n) is 10.9. The number of ether oxygens (including phenoxy) is 1. The summed E-state index contributed by atoms with van der Waals surface area (Å²) in [4.78, 5) is 14.4. The maximum Gasteiger partial charge on any atom is 0.415 e. The summed E-state index contributed by atoms with van der Waals surface area (Å²) in [6.45, 7) is 2.00. The molecule has 0 saturated carbocycles. The molecule has 0 bridgehead atoms. The van der Waals surface area contributed by atoms with Crippen LogP contribution >= 0.6 is 0 Å². The Labute approximate surface area is 187 Å². The number of rotatable bonds is 4. The van der Waals surface area contributed by atoms with E-state index in [1.807, 2.05) is 84.9 Å². The largest absolute Gasteiger partial charge is 0.449 e. The molecule has 1 fully saturated rings. The van der Waals surface area contributed by atoms with Crippen LogP contribution in [0.1, 0.15) is 36.0 Å². The second-order valence-electron chi connectivity index (χ2n) is 8.28. The number of hydrogen-bond donors (Lipinski definition) is 2. The summed E-state index contributed by atoms with van der Waals surface area (Å²) in [6, 6.07) is 25.7. The van der Waals surface area contributed by atoms with E-state index >= 15 is 0 Å².